The van der Waals surface area contributed by atoms with Gasteiger partial charge in [-0.2, -0.15) is 0 Å². The fourth-order valence-corrected chi connectivity index (χ4v) is 2.61. The van der Waals surface area contributed by atoms with Crippen molar-refractivity contribution in [3.05, 3.63) is 46.6 Å². The summed E-state index contributed by atoms with van der Waals surface area (Å²) < 4.78 is 0. The minimum Gasteiger partial charge on any atom is -0.478 e. The van der Waals surface area contributed by atoms with E-state index in [9.17, 15) is 9.59 Å². The van der Waals surface area contributed by atoms with Crippen LogP contribution in [0.15, 0.2) is 46.6 Å². The van der Waals surface area contributed by atoms with Crippen molar-refractivity contribution in [2.45, 2.75) is 67.2 Å². The van der Waals surface area contributed by atoms with E-state index in [-0.39, 0.29) is 11.8 Å². The van der Waals surface area contributed by atoms with Crippen LogP contribution in [0.1, 0.15) is 67.2 Å². The van der Waals surface area contributed by atoms with Crippen molar-refractivity contribution < 1.29 is 14.7 Å². The number of carboxylic acids is 1. The first-order chi connectivity index (χ1) is 12.1. The van der Waals surface area contributed by atoms with E-state index in [4.69, 9.17) is 5.11 Å². The molecule has 26 heavy (non-hydrogen) atoms. The van der Waals surface area contributed by atoms with Crippen molar-refractivity contribution in [3.63, 3.8) is 0 Å². The van der Waals surface area contributed by atoms with Crippen molar-refractivity contribution in [2.24, 2.45) is 5.92 Å². The fraction of sp³-hybridized carbons (Fsp3) is 0.545. The lowest BCUT2D eigenvalue weighted by Gasteiger charge is -2.19. The maximum Gasteiger partial charge on any atom is 0.328 e. The van der Waals surface area contributed by atoms with E-state index in [2.05, 4.69) is 51.2 Å². The SMILES string of the molecule is CC(=O)NCC=C(CCC=C(C)C)CC(CC=C(C)C)C(C)=CC(=O)O. The standard InChI is InChI=1S/C22H35NO3/c1-16(2)8-7-9-20(12-13-23-19(6)24)15-21(11-10-17(3)4)18(5)14-22(25)26/h8,10,12,14,21H,7,9,11,13,15H2,1-6H3,(H,23,24)(H,25,26). The van der Waals surface area contributed by atoms with Crippen LogP contribution in [0.3, 0.4) is 0 Å². The van der Waals surface area contributed by atoms with E-state index in [0.717, 1.165) is 31.3 Å². The molecule has 4 heteroatoms. The van der Waals surface area contributed by atoms with Gasteiger partial charge in [0, 0.05) is 19.5 Å². The third kappa shape index (κ3) is 13.2. The van der Waals surface area contributed by atoms with Crippen molar-refractivity contribution >= 4 is 11.9 Å². The molecule has 0 heterocycles. The largest absolute Gasteiger partial charge is 0.478 e. The second-order valence-electron chi connectivity index (χ2n) is 7.26. The van der Waals surface area contributed by atoms with Gasteiger partial charge in [0.25, 0.3) is 0 Å². The van der Waals surface area contributed by atoms with E-state index in [1.54, 1.807) is 0 Å². The van der Waals surface area contributed by atoms with Crippen LogP contribution >= 0.6 is 0 Å². The number of carboxylic acid groups (broad SMARTS) is 1. The smallest absolute Gasteiger partial charge is 0.328 e. The molecule has 0 spiro atoms. The number of rotatable bonds is 11. The zero-order chi connectivity index (χ0) is 20.1. The normalized spacial score (nSPS) is 13.0. The lowest BCUT2D eigenvalue weighted by atomic mass is 9.87. The molecule has 0 aliphatic heterocycles. The van der Waals surface area contributed by atoms with Crippen molar-refractivity contribution in [1.82, 2.24) is 5.32 Å². The zero-order valence-electron chi connectivity index (χ0n) is 17.2. The molecule has 0 aliphatic rings. The molecule has 1 unspecified atom stereocenters. The molecule has 0 aromatic heterocycles. The summed E-state index contributed by atoms with van der Waals surface area (Å²) >= 11 is 0. The monoisotopic (exact) mass is 361 g/mol. The van der Waals surface area contributed by atoms with Gasteiger partial charge in [0.05, 0.1) is 0 Å². The Bertz CT molecular complexity index is 587. The van der Waals surface area contributed by atoms with Gasteiger partial charge in [-0.25, -0.2) is 4.79 Å². The van der Waals surface area contributed by atoms with Gasteiger partial charge in [0.1, 0.15) is 0 Å². The average Bonchev–Trinajstić information content (AvgIpc) is 2.49. The first-order valence-electron chi connectivity index (χ1n) is 9.22. The topological polar surface area (TPSA) is 66.4 Å². The van der Waals surface area contributed by atoms with E-state index >= 15 is 0 Å². The summed E-state index contributed by atoms with van der Waals surface area (Å²) in [4.78, 5) is 22.2. The highest BCUT2D eigenvalue weighted by molar-refractivity contribution is 5.80. The highest BCUT2D eigenvalue weighted by atomic mass is 16.4. The molecule has 146 valence electrons. The first-order valence-corrected chi connectivity index (χ1v) is 9.22. The minimum atomic E-state index is -0.905. The molecule has 0 aromatic rings. The third-order valence-corrected chi connectivity index (χ3v) is 4.07. The Hall–Kier alpha value is -2.10. The van der Waals surface area contributed by atoms with Crippen molar-refractivity contribution in [3.8, 4) is 0 Å². The number of hydrogen-bond donors (Lipinski definition) is 2. The van der Waals surface area contributed by atoms with Crippen molar-refractivity contribution in [1.29, 1.82) is 0 Å². The maximum absolute atomic E-state index is 11.1. The van der Waals surface area contributed by atoms with Gasteiger partial charge in [-0.15, -0.1) is 0 Å². The van der Waals surface area contributed by atoms with Gasteiger partial charge in [-0.1, -0.05) is 40.5 Å². The fourth-order valence-electron chi connectivity index (χ4n) is 2.61. The summed E-state index contributed by atoms with van der Waals surface area (Å²) in [5, 5.41) is 11.9. The second-order valence-corrected chi connectivity index (χ2v) is 7.26. The van der Waals surface area contributed by atoms with Crippen LogP contribution in [-0.4, -0.2) is 23.5 Å². The summed E-state index contributed by atoms with van der Waals surface area (Å²) in [6.45, 7) is 12.2. The Morgan fingerprint density at radius 1 is 0.962 bits per heavy atom. The number of allylic oxidation sites excluding steroid dienone is 6. The summed E-state index contributed by atoms with van der Waals surface area (Å²) in [5.41, 5.74) is 4.64. The molecule has 0 radical (unpaired) electrons. The Labute approximate surface area is 158 Å². The van der Waals surface area contributed by atoms with Crippen LogP contribution in [0.25, 0.3) is 0 Å². The lowest BCUT2D eigenvalue weighted by molar-refractivity contribution is -0.131. The van der Waals surface area contributed by atoms with E-state index in [1.807, 2.05) is 6.92 Å². The molecule has 0 saturated heterocycles. The lowest BCUT2D eigenvalue weighted by Crippen LogP contribution is -2.20. The Balaban J connectivity index is 5.34. The van der Waals surface area contributed by atoms with E-state index in [0.29, 0.717) is 6.54 Å². The van der Waals surface area contributed by atoms with Crippen LogP contribution < -0.4 is 5.32 Å². The maximum atomic E-state index is 11.1. The number of nitrogens with one attached hydrogen (secondary N) is 1. The molecule has 0 aliphatic carbocycles. The quantitative estimate of drug-likeness (QED) is 0.393. The van der Waals surface area contributed by atoms with Gasteiger partial charge < -0.3 is 10.4 Å². The van der Waals surface area contributed by atoms with Gasteiger partial charge in [-0.05, 0) is 66.2 Å². The number of carbonyl (C=O) groups excluding carboxylic acids is 1. The molecular formula is C22H35NO3. The highest BCUT2D eigenvalue weighted by Crippen LogP contribution is 2.27. The Kier molecular flexibility index (Phi) is 12.1. The van der Waals surface area contributed by atoms with Crippen LogP contribution in [0.2, 0.25) is 0 Å². The molecule has 0 bridgehead atoms. The van der Waals surface area contributed by atoms with Crippen molar-refractivity contribution in [2.75, 3.05) is 6.54 Å². The Morgan fingerprint density at radius 3 is 2.08 bits per heavy atom. The van der Waals surface area contributed by atoms with Crippen LogP contribution in [0.4, 0.5) is 0 Å². The molecule has 0 rings (SSSR count). The molecule has 0 fully saturated rings. The minimum absolute atomic E-state index is 0.0482. The summed E-state index contributed by atoms with van der Waals surface area (Å²) in [6.07, 6.45) is 11.2. The molecule has 0 saturated carbocycles. The summed E-state index contributed by atoms with van der Waals surface area (Å²) in [6, 6.07) is 0. The molecule has 1 amide bonds. The number of aliphatic carboxylic acids is 1. The van der Waals surface area contributed by atoms with Gasteiger partial charge in [0.15, 0.2) is 0 Å². The zero-order valence-corrected chi connectivity index (χ0v) is 17.2. The summed E-state index contributed by atoms with van der Waals surface area (Å²) in [5.74, 6) is -0.803. The number of carbonyl (C=O) groups is 2. The van der Waals surface area contributed by atoms with Gasteiger partial charge in [-0.3, -0.25) is 4.79 Å². The third-order valence-electron chi connectivity index (χ3n) is 4.07. The predicted molar refractivity (Wildman–Crippen MR) is 109 cm³/mol. The molecule has 1 atom stereocenters. The van der Waals surface area contributed by atoms with Crippen LogP contribution in [-0.2, 0) is 9.59 Å². The van der Waals surface area contributed by atoms with E-state index in [1.165, 1.54) is 29.7 Å². The molecule has 4 nitrogen and oxygen atoms in total. The van der Waals surface area contributed by atoms with Crippen LogP contribution in [0.5, 0.6) is 0 Å². The molecule has 2 N–H and O–H groups in total. The molecule has 0 aromatic carbocycles. The van der Waals surface area contributed by atoms with Gasteiger partial charge in [0.2, 0.25) is 5.91 Å². The predicted octanol–water partition coefficient (Wildman–Crippen LogP) is 5.19. The number of amides is 1. The van der Waals surface area contributed by atoms with E-state index < -0.39 is 5.97 Å². The second kappa shape index (κ2) is 13.2. The van der Waals surface area contributed by atoms with Crippen LogP contribution in [0, 0.1) is 5.92 Å². The molecular weight excluding hydrogens is 326 g/mol. The number of hydrogen-bond acceptors (Lipinski definition) is 2. The summed E-state index contributed by atoms with van der Waals surface area (Å²) in [7, 11) is 0. The average molecular weight is 362 g/mol. The van der Waals surface area contributed by atoms with Gasteiger partial charge >= 0.3 is 5.97 Å². The Morgan fingerprint density at radius 2 is 1.58 bits per heavy atom. The highest BCUT2D eigenvalue weighted by Gasteiger charge is 2.13. The first kappa shape index (κ1) is 23.9.